The van der Waals surface area contributed by atoms with Crippen molar-refractivity contribution in [2.45, 2.75) is 31.6 Å². The first-order valence-electron chi connectivity index (χ1n) is 4.56. The predicted octanol–water partition coefficient (Wildman–Crippen LogP) is 2.19. The van der Waals surface area contributed by atoms with E-state index in [9.17, 15) is 4.79 Å². The second-order valence-corrected chi connectivity index (χ2v) is 3.50. The normalized spacial score (nSPS) is 16.6. The Morgan fingerprint density at radius 3 is 2.64 bits per heavy atom. The molecule has 1 aromatic heterocycles. The second-order valence-electron chi connectivity index (χ2n) is 3.50. The number of carbonyl (C=O) groups is 1. The molecule has 1 saturated carbocycles. The van der Waals surface area contributed by atoms with Gasteiger partial charge in [0.1, 0.15) is 0 Å². The fraction of sp³-hybridized carbons (Fsp3) is 0.556. The Hall–Kier alpha value is -1.03. The first-order chi connectivity index (χ1) is 6.27. The molecule has 0 unspecified atom stereocenters. The number of carboxylic acid groups (broad SMARTS) is 1. The molecule has 5 heteroatoms. The Bertz CT molecular complexity index is 318. The van der Waals surface area contributed by atoms with Gasteiger partial charge >= 0.3 is 5.97 Å². The van der Waals surface area contributed by atoms with E-state index < -0.39 is 5.97 Å². The zero-order valence-corrected chi connectivity index (χ0v) is 8.51. The van der Waals surface area contributed by atoms with Crippen molar-refractivity contribution in [3.05, 3.63) is 17.5 Å². The number of nitrogens with one attached hydrogen (secondary N) is 1. The summed E-state index contributed by atoms with van der Waals surface area (Å²) in [5.74, 6) is -0.457. The quantitative estimate of drug-likeness (QED) is 0.797. The molecule has 2 N–H and O–H groups in total. The summed E-state index contributed by atoms with van der Waals surface area (Å²) in [6.45, 7) is 0. The van der Waals surface area contributed by atoms with E-state index in [0.717, 1.165) is 18.5 Å². The molecule has 1 aromatic rings. The molecular weight excluding hydrogens is 204 g/mol. The number of hydrogen-bond acceptors (Lipinski definition) is 2. The van der Waals surface area contributed by atoms with Gasteiger partial charge in [0.2, 0.25) is 0 Å². The first kappa shape index (κ1) is 11.0. The number of H-pyrrole nitrogens is 1. The maximum absolute atomic E-state index is 10.5. The molecule has 14 heavy (non-hydrogen) atoms. The summed E-state index contributed by atoms with van der Waals surface area (Å²) in [5.41, 5.74) is 1.11. The maximum atomic E-state index is 10.5. The van der Waals surface area contributed by atoms with Crippen LogP contribution >= 0.6 is 12.4 Å². The molecule has 1 aliphatic carbocycles. The van der Waals surface area contributed by atoms with Crippen LogP contribution in [-0.4, -0.2) is 21.3 Å². The maximum Gasteiger partial charge on any atom is 0.356 e. The van der Waals surface area contributed by atoms with Gasteiger partial charge in [0.05, 0.1) is 0 Å². The van der Waals surface area contributed by atoms with Gasteiger partial charge in [-0.3, -0.25) is 5.10 Å². The molecule has 0 radical (unpaired) electrons. The molecule has 1 fully saturated rings. The summed E-state index contributed by atoms with van der Waals surface area (Å²) in [6.07, 6.45) is 4.79. The molecule has 4 nitrogen and oxygen atoms in total. The molecule has 2 rings (SSSR count). The monoisotopic (exact) mass is 216 g/mol. The molecule has 1 aliphatic rings. The molecule has 0 aromatic carbocycles. The topological polar surface area (TPSA) is 66.0 Å². The zero-order valence-electron chi connectivity index (χ0n) is 7.69. The van der Waals surface area contributed by atoms with Gasteiger partial charge in [0, 0.05) is 11.6 Å². The summed E-state index contributed by atoms with van der Waals surface area (Å²) >= 11 is 0. The van der Waals surface area contributed by atoms with E-state index in [1.165, 1.54) is 12.8 Å². The fourth-order valence-electron chi connectivity index (χ4n) is 1.89. The van der Waals surface area contributed by atoms with E-state index in [1.54, 1.807) is 6.07 Å². The van der Waals surface area contributed by atoms with E-state index in [-0.39, 0.29) is 18.1 Å². The van der Waals surface area contributed by atoms with E-state index in [4.69, 9.17) is 5.11 Å². The minimum absolute atomic E-state index is 0. The lowest BCUT2D eigenvalue weighted by atomic mass is 10.0. The summed E-state index contributed by atoms with van der Waals surface area (Å²) in [7, 11) is 0. The predicted molar refractivity (Wildman–Crippen MR) is 54.0 cm³/mol. The number of hydrogen-bond donors (Lipinski definition) is 2. The van der Waals surface area contributed by atoms with Gasteiger partial charge in [0.15, 0.2) is 5.69 Å². The van der Waals surface area contributed by atoms with E-state index >= 15 is 0 Å². The van der Waals surface area contributed by atoms with Crippen LogP contribution in [0.15, 0.2) is 6.07 Å². The van der Waals surface area contributed by atoms with Crippen molar-refractivity contribution in [3.8, 4) is 0 Å². The Labute approximate surface area is 88.1 Å². The van der Waals surface area contributed by atoms with Crippen LogP contribution in [0, 0.1) is 0 Å². The number of carboxylic acids is 1. The lowest BCUT2D eigenvalue weighted by Gasteiger charge is -2.02. The number of halogens is 1. The van der Waals surface area contributed by atoms with Crippen LogP contribution in [0.25, 0.3) is 0 Å². The van der Waals surface area contributed by atoms with Crippen LogP contribution in [0.3, 0.4) is 0 Å². The molecule has 0 amide bonds. The standard InChI is InChI=1S/C9H12N2O2.ClH/c12-9(13)8-5-7(10-11-8)6-3-1-2-4-6;/h5-6H,1-4H2,(H,10,11)(H,12,13);1H. The van der Waals surface area contributed by atoms with Crippen LogP contribution in [0.1, 0.15) is 47.8 Å². The van der Waals surface area contributed by atoms with Gasteiger partial charge in [0.25, 0.3) is 0 Å². The van der Waals surface area contributed by atoms with Crippen LogP contribution in [0.2, 0.25) is 0 Å². The Morgan fingerprint density at radius 1 is 1.50 bits per heavy atom. The molecule has 0 aliphatic heterocycles. The largest absolute Gasteiger partial charge is 0.476 e. The lowest BCUT2D eigenvalue weighted by Crippen LogP contribution is -1.95. The van der Waals surface area contributed by atoms with Gasteiger partial charge < -0.3 is 5.11 Å². The Kier molecular flexibility index (Phi) is 3.52. The second kappa shape index (κ2) is 4.46. The van der Waals surface area contributed by atoms with Gasteiger partial charge in [-0.05, 0) is 18.9 Å². The Morgan fingerprint density at radius 2 is 2.14 bits per heavy atom. The van der Waals surface area contributed by atoms with Crippen LogP contribution in [0.5, 0.6) is 0 Å². The average Bonchev–Trinajstić information content (AvgIpc) is 2.75. The SMILES string of the molecule is Cl.O=C(O)c1cc(C2CCCC2)[nH]n1. The molecular formula is C9H13ClN2O2. The third kappa shape index (κ3) is 2.07. The van der Waals surface area contributed by atoms with E-state index in [1.807, 2.05) is 0 Å². The molecule has 0 atom stereocenters. The smallest absolute Gasteiger partial charge is 0.356 e. The molecule has 0 saturated heterocycles. The molecule has 1 heterocycles. The average molecular weight is 217 g/mol. The zero-order chi connectivity index (χ0) is 9.26. The first-order valence-corrected chi connectivity index (χ1v) is 4.56. The number of nitrogens with zero attached hydrogens (tertiary/aromatic N) is 1. The highest BCUT2D eigenvalue weighted by Gasteiger charge is 2.20. The highest BCUT2D eigenvalue weighted by Crippen LogP contribution is 2.32. The highest BCUT2D eigenvalue weighted by molar-refractivity contribution is 5.85. The molecule has 0 spiro atoms. The minimum atomic E-state index is -0.958. The van der Waals surface area contributed by atoms with Crippen molar-refractivity contribution >= 4 is 18.4 Å². The Balaban J connectivity index is 0.000000980. The van der Waals surface area contributed by atoms with Gasteiger partial charge in [-0.25, -0.2) is 4.79 Å². The van der Waals surface area contributed by atoms with Crippen molar-refractivity contribution in [2.75, 3.05) is 0 Å². The van der Waals surface area contributed by atoms with Crippen molar-refractivity contribution in [1.82, 2.24) is 10.2 Å². The summed E-state index contributed by atoms with van der Waals surface area (Å²) < 4.78 is 0. The van der Waals surface area contributed by atoms with Crippen LogP contribution in [-0.2, 0) is 0 Å². The summed E-state index contributed by atoms with van der Waals surface area (Å²) in [5, 5.41) is 15.2. The van der Waals surface area contributed by atoms with Crippen LogP contribution in [0.4, 0.5) is 0 Å². The third-order valence-electron chi connectivity index (χ3n) is 2.61. The lowest BCUT2D eigenvalue weighted by molar-refractivity contribution is 0.0690. The van der Waals surface area contributed by atoms with Gasteiger partial charge in [-0.15, -0.1) is 12.4 Å². The van der Waals surface area contributed by atoms with Crippen molar-refractivity contribution in [1.29, 1.82) is 0 Å². The van der Waals surface area contributed by atoms with E-state index in [2.05, 4.69) is 10.2 Å². The highest BCUT2D eigenvalue weighted by atomic mass is 35.5. The van der Waals surface area contributed by atoms with E-state index in [0.29, 0.717) is 5.92 Å². The molecule has 0 bridgehead atoms. The number of rotatable bonds is 2. The number of aromatic nitrogens is 2. The fourth-order valence-corrected chi connectivity index (χ4v) is 1.89. The minimum Gasteiger partial charge on any atom is -0.476 e. The van der Waals surface area contributed by atoms with Gasteiger partial charge in [-0.1, -0.05) is 12.8 Å². The van der Waals surface area contributed by atoms with Crippen molar-refractivity contribution in [2.24, 2.45) is 0 Å². The number of aromatic carboxylic acids is 1. The van der Waals surface area contributed by atoms with Crippen molar-refractivity contribution in [3.63, 3.8) is 0 Å². The van der Waals surface area contributed by atoms with Gasteiger partial charge in [-0.2, -0.15) is 5.10 Å². The van der Waals surface area contributed by atoms with Crippen molar-refractivity contribution < 1.29 is 9.90 Å². The third-order valence-corrected chi connectivity index (χ3v) is 2.61. The summed E-state index contributed by atoms with van der Waals surface area (Å²) in [6, 6.07) is 1.65. The van der Waals surface area contributed by atoms with Crippen LogP contribution < -0.4 is 0 Å². The summed E-state index contributed by atoms with van der Waals surface area (Å²) in [4.78, 5) is 10.5. The molecule has 78 valence electrons. The number of aromatic amines is 1.